The van der Waals surface area contributed by atoms with Gasteiger partial charge in [0.2, 0.25) is 5.91 Å². The number of aliphatic carboxylic acids is 1. The minimum atomic E-state index is -0.957. The lowest BCUT2D eigenvalue weighted by atomic mass is 9.85. The second-order valence-electron chi connectivity index (χ2n) is 5.79. The molecular formula is C17H18ClNO3S. The highest BCUT2D eigenvalue weighted by Gasteiger charge is 2.29. The molecule has 1 heterocycles. The third kappa shape index (κ3) is 4.56. The van der Waals surface area contributed by atoms with Gasteiger partial charge in [0.05, 0.1) is 10.4 Å². The minimum Gasteiger partial charge on any atom is -0.481 e. The first kappa shape index (κ1) is 17.5. The number of thiophene rings is 1. The Balaban J connectivity index is 1.92. The summed E-state index contributed by atoms with van der Waals surface area (Å²) in [6.45, 7) is 3.30. The van der Waals surface area contributed by atoms with Gasteiger partial charge in [0, 0.05) is 22.4 Å². The lowest BCUT2D eigenvalue weighted by molar-refractivity contribution is -0.142. The van der Waals surface area contributed by atoms with E-state index in [9.17, 15) is 14.7 Å². The van der Waals surface area contributed by atoms with Crippen LogP contribution < -0.4 is 5.32 Å². The van der Waals surface area contributed by atoms with Gasteiger partial charge in [0.25, 0.3) is 0 Å². The zero-order chi connectivity index (χ0) is 17.0. The van der Waals surface area contributed by atoms with E-state index >= 15 is 0 Å². The number of benzene rings is 1. The largest absolute Gasteiger partial charge is 0.481 e. The molecule has 1 aromatic carbocycles. The molecule has 4 nitrogen and oxygen atoms in total. The van der Waals surface area contributed by atoms with Crippen molar-refractivity contribution in [2.24, 2.45) is 0 Å². The highest BCUT2D eigenvalue weighted by Crippen LogP contribution is 2.25. The van der Waals surface area contributed by atoms with E-state index in [1.54, 1.807) is 38.1 Å². The Morgan fingerprint density at radius 1 is 1.26 bits per heavy atom. The Morgan fingerprint density at radius 3 is 2.43 bits per heavy atom. The third-order valence-corrected chi connectivity index (χ3v) is 4.99. The first-order valence-corrected chi connectivity index (χ1v) is 8.41. The lowest BCUT2D eigenvalue weighted by Gasteiger charge is -2.19. The molecule has 0 radical (unpaired) electrons. The quantitative estimate of drug-likeness (QED) is 0.813. The van der Waals surface area contributed by atoms with Gasteiger partial charge in [-0.15, -0.1) is 11.3 Å². The number of halogens is 1. The van der Waals surface area contributed by atoms with Crippen molar-refractivity contribution in [2.75, 3.05) is 5.32 Å². The van der Waals surface area contributed by atoms with Crippen LogP contribution >= 0.6 is 22.9 Å². The first-order valence-electron chi connectivity index (χ1n) is 7.16. The molecule has 2 aromatic rings. The summed E-state index contributed by atoms with van der Waals surface area (Å²) < 4.78 is 0. The van der Waals surface area contributed by atoms with Crippen molar-refractivity contribution in [1.29, 1.82) is 0 Å². The van der Waals surface area contributed by atoms with Crippen molar-refractivity contribution in [3.8, 4) is 0 Å². The van der Waals surface area contributed by atoms with E-state index in [0.29, 0.717) is 29.1 Å². The van der Waals surface area contributed by atoms with E-state index in [4.69, 9.17) is 11.6 Å². The summed E-state index contributed by atoms with van der Waals surface area (Å²) in [6.07, 6.45) is 1.02. The van der Waals surface area contributed by atoms with Crippen LogP contribution in [0.15, 0.2) is 35.7 Å². The van der Waals surface area contributed by atoms with Crippen LogP contribution in [0.2, 0.25) is 5.02 Å². The Hall–Kier alpha value is -1.85. The molecule has 0 aliphatic heterocycles. The van der Waals surface area contributed by atoms with Crippen LogP contribution in [0.4, 0.5) is 5.69 Å². The highest BCUT2D eigenvalue weighted by molar-refractivity contribution is 7.10. The smallest absolute Gasteiger partial charge is 0.313 e. The molecular weight excluding hydrogens is 334 g/mol. The molecule has 0 aliphatic carbocycles. The van der Waals surface area contributed by atoms with Crippen LogP contribution in [-0.4, -0.2) is 17.0 Å². The van der Waals surface area contributed by atoms with E-state index < -0.39 is 11.4 Å². The van der Waals surface area contributed by atoms with Crippen molar-refractivity contribution >= 4 is 40.5 Å². The molecule has 0 spiro atoms. The van der Waals surface area contributed by atoms with Crippen molar-refractivity contribution in [3.63, 3.8) is 0 Å². The SMILES string of the molecule is CC(C)(C(=O)O)c1ccc(NC(=O)CCc2cc(Cl)cs2)cc1. The van der Waals surface area contributed by atoms with Gasteiger partial charge in [-0.05, 0) is 44.0 Å². The fourth-order valence-electron chi connectivity index (χ4n) is 2.04. The summed E-state index contributed by atoms with van der Waals surface area (Å²) in [4.78, 5) is 24.2. The number of carbonyl (C=O) groups excluding carboxylic acids is 1. The molecule has 2 N–H and O–H groups in total. The molecule has 0 bridgehead atoms. The Kier molecular flexibility index (Phi) is 5.44. The topological polar surface area (TPSA) is 66.4 Å². The molecule has 0 fully saturated rings. The van der Waals surface area contributed by atoms with E-state index in [1.807, 2.05) is 11.4 Å². The summed E-state index contributed by atoms with van der Waals surface area (Å²) in [6, 6.07) is 8.76. The number of rotatable bonds is 6. The molecule has 122 valence electrons. The molecule has 0 aliphatic rings. The van der Waals surface area contributed by atoms with Gasteiger partial charge in [-0.2, -0.15) is 0 Å². The minimum absolute atomic E-state index is 0.0835. The number of aryl methyl sites for hydroxylation is 1. The fraction of sp³-hybridized carbons (Fsp3) is 0.294. The predicted octanol–water partition coefficient (Wildman–Crippen LogP) is 4.34. The van der Waals surface area contributed by atoms with Crippen molar-refractivity contribution < 1.29 is 14.7 Å². The number of amides is 1. The summed E-state index contributed by atoms with van der Waals surface area (Å²) in [5.41, 5.74) is 0.390. The lowest BCUT2D eigenvalue weighted by Crippen LogP contribution is -2.28. The number of anilines is 1. The maximum atomic E-state index is 11.9. The fourth-order valence-corrected chi connectivity index (χ4v) is 3.12. The summed E-state index contributed by atoms with van der Waals surface area (Å²) in [5.74, 6) is -0.969. The Bertz CT molecular complexity index is 707. The van der Waals surface area contributed by atoms with Crippen molar-refractivity contribution in [1.82, 2.24) is 0 Å². The number of carboxylic acid groups (broad SMARTS) is 1. The summed E-state index contributed by atoms with van der Waals surface area (Å²) in [7, 11) is 0. The van der Waals surface area contributed by atoms with E-state index in [0.717, 1.165) is 4.88 Å². The molecule has 0 saturated carbocycles. The highest BCUT2D eigenvalue weighted by atomic mass is 35.5. The number of carboxylic acids is 1. The summed E-state index contributed by atoms with van der Waals surface area (Å²) in [5, 5.41) is 14.6. The first-order chi connectivity index (χ1) is 10.8. The molecule has 0 atom stereocenters. The number of nitrogens with one attached hydrogen (secondary N) is 1. The van der Waals surface area contributed by atoms with Gasteiger partial charge in [-0.3, -0.25) is 9.59 Å². The van der Waals surface area contributed by atoms with Gasteiger partial charge < -0.3 is 10.4 Å². The van der Waals surface area contributed by atoms with Crippen LogP contribution in [0.25, 0.3) is 0 Å². The zero-order valence-corrected chi connectivity index (χ0v) is 14.5. The van der Waals surface area contributed by atoms with Crippen molar-refractivity contribution in [3.05, 3.63) is 51.2 Å². The number of hydrogen-bond donors (Lipinski definition) is 2. The van der Waals surface area contributed by atoms with Crippen LogP contribution in [-0.2, 0) is 21.4 Å². The van der Waals surface area contributed by atoms with Crippen LogP contribution in [0.1, 0.15) is 30.7 Å². The maximum absolute atomic E-state index is 11.9. The van der Waals surface area contributed by atoms with Crippen LogP contribution in [0.5, 0.6) is 0 Å². The molecule has 1 amide bonds. The van der Waals surface area contributed by atoms with Gasteiger partial charge in [-0.1, -0.05) is 23.7 Å². The number of hydrogen-bond acceptors (Lipinski definition) is 3. The van der Waals surface area contributed by atoms with E-state index in [1.165, 1.54) is 11.3 Å². The second-order valence-corrected chi connectivity index (χ2v) is 7.22. The zero-order valence-electron chi connectivity index (χ0n) is 12.9. The normalized spacial score (nSPS) is 11.3. The number of carbonyl (C=O) groups is 2. The van der Waals surface area contributed by atoms with Crippen molar-refractivity contribution in [2.45, 2.75) is 32.1 Å². The Morgan fingerprint density at radius 2 is 1.91 bits per heavy atom. The van der Waals surface area contributed by atoms with Gasteiger partial charge in [0.15, 0.2) is 0 Å². The standard InChI is InChI=1S/C17H18ClNO3S/c1-17(2,16(21)22)11-3-5-13(6-4-11)19-15(20)8-7-14-9-12(18)10-23-14/h3-6,9-10H,7-8H2,1-2H3,(H,19,20)(H,21,22). The molecule has 6 heteroatoms. The average Bonchev–Trinajstić information content (AvgIpc) is 2.91. The van der Waals surface area contributed by atoms with Gasteiger partial charge in [0.1, 0.15) is 0 Å². The van der Waals surface area contributed by atoms with E-state index in [2.05, 4.69) is 5.32 Å². The second kappa shape index (κ2) is 7.15. The maximum Gasteiger partial charge on any atom is 0.313 e. The summed E-state index contributed by atoms with van der Waals surface area (Å²) >= 11 is 7.39. The average molecular weight is 352 g/mol. The van der Waals surface area contributed by atoms with E-state index in [-0.39, 0.29) is 5.91 Å². The predicted molar refractivity (Wildman–Crippen MR) is 93.4 cm³/mol. The molecule has 2 rings (SSSR count). The molecule has 0 unspecified atom stereocenters. The molecule has 23 heavy (non-hydrogen) atoms. The monoisotopic (exact) mass is 351 g/mol. The third-order valence-electron chi connectivity index (χ3n) is 3.65. The van der Waals surface area contributed by atoms with Crippen LogP contribution in [0, 0.1) is 0 Å². The molecule has 1 aromatic heterocycles. The van der Waals surface area contributed by atoms with Gasteiger partial charge in [-0.25, -0.2) is 0 Å². The van der Waals surface area contributed by atoms with Gasteiger partial charge >= 0.3 is 5.97 Å². The van der Waals surface area contributed by atoms with Crippen LogP contribution in [0.3, 0.4) is 0 Å². The Labute approximate surface area is 144 Å². The molecule has 0 saturated heterocycles.